The van der Waals surface area contributed by atoms with E-state index in [4.69, 9.17) is 0 Å². The highest BCUT2D eigenvalue weighted by Gasteiger charge is 2.12. The molecule has 15 heavy (non-hydrogen) atoms. The van der Waals surface area contributed by atoms with E-state index in [9.17, 15) is 5.11 Å². The van der Waals surface area contributed by atoms with Crippen molar-refractivity contribution in [3.8, 4) is 5.75 Å². The lowest BCUT2D eigenvalue weighted by molar-refractivity contribution is 0.475. The summed E-state index contributed by atoms with van der Waals surface area (Å²) < 4.78 is 0. The molecule has 0 saturated carbocycles. The first-order valence-electron chi connectivity index (χ1n) is 5.45. The van der Waals surface area contributed by atoms with E-state index in [1.54, 1.807) is 6.07 Å². The van der Waals surface area contributed by atoms with E-state index in [2.05, 4.69) is 11.4 Å². The second kappa shape index (κ2) is 5.42. The lowest BCUT2D eigenvalue weighted by atomic mass is 10.2. The van der Waals surface area contributed by atoms with Crippen LogP contribution in [-0.4, -0.2) is 23.4 Å². The van der Waals surface area contributed by atoms with E-state index >= 15 is 0 Å². The zero-order valence-corrected chi connectivity index (χ0v) is 9.59. The Labute approximate surface area is 95.1 Å². The fourth-order valence-corrected chi connectivity index (χ4v) is 3.00. The summed E-state index contributed by atoms with van der Waals surface area (Å²) in [7, 11) is 0. The number of phenols is 1. The highest BCUT2D eigenvalue weighted by Crippen LogP contribution is 2.25. The van der Waals surface area contributed by atoms with E-state index in [1.165, 1.54) is 18.4 Å². The van der Waals surface area contributed by atoms with Crippen LogP contribution < -0.4 is 5.32 Å². The van der Waals surface area contributed by atoms with E-state index in [0.717, 1.165) is 24.1 Å². The normalized spacial score (nSPS) is 17.9. The predicted molar refractivity (Wildman–Crippen MR) is 65.3 cm³/mol. The van der Waals surface area contributed by atoms with E-state index < -0.39 is 0 Å². The molecule has 1 fully saturated rings. The molecule has 82 valence electrons. The Bertz CT molecular complexity index is 310. The van der Waals surface area contributed by atoms with Crippen molar-refractivity contribution in [1.82, 2.24) is 5.32 Å². The number of piperidine rings is 1. The third-order valence-corrected chi connectivity index (χ3v) is 4.13. The van der Waals surface area contributed by atoms with Crippen molar-refractivity contribution in [3.63, 3.8) is 0 Å². The van der Waals surface area contributed by atoms with Crippen LogP contribution in [0.15, 0.2) is 24.3 Å². The largest absolute Gasteiger partial charge is 0.508 e. The molecule has 1 aliphatic heterocycles. The summed E-state index contributed by atoms with van der Waals surface area (Å²) in [5.41, 5.74) is 1.22. The van der Waals surface area contributed by atoms with Crippen LogP contribution in [0, 0.1) is 0 Å². The molecule has 0 atom stereocenters. The lowest BCUT2D eigenvalue weighted by Gasteiger charge is -2.21. The molecule has 1 aromatic rings. The molecule has 1 aliphatic rings. The zero-order valence-electron chi connectivity index (χ0n) is 8.78. The monoisotopic (exact) mass is 223 g/mol. The molecule has 2 N–H and O–H groups in total. The maximum atomic E-state index is 9.33. The molecule has 0 amide bonds. The summed E-state index contributed by atoms with van der Waals surface area (Å²) in [5, 5.41) is 13.5. The smallest absolute Gasteiger partial charge is 0.115 e. The highest BCUT2D eigenvalue weighted by atomic mass is 32.2. The topological polar surface area (TPSA) is 32.3 Å². The Balaban J connectivity index is 1.81. The molecule has 1 heterocycles. The van der Waals surface area contributed by atoms with Crippen LogP contribution in [0.1, 0.15) is 18.4 Å². The van der Waals surface area contributed by atoms with Gasteiger partial charge in [0.05, 0.1) is 0 Å². The van der Waals surface area contributed by atoms with Gasteiger partial charge in [-0.25, -0.2) is 0 Å². The fraction of sp³-hybridized carbons (Fsp3) is 0.500. The summed E-state index contributed by atoms with van der Waals surface area (Å²) in [5.74, 6) is 1.39. The molecule has 2 rings (SSSR count). The van der Waals surface area contributed by atoms with Gasteiger partial charge in [-0.3, -0.25) is 0 Å². The summed E-state index contributed by atoms with van der Waals surface area (Å²) in [6, 6.07) is 7.56. The first-order chi connectivity index (χ1) is 7.34. The molecule has 0 bridgehead atoms. The Morgan fingerprint density at radius 2 is 2.13 bits per heavy atom. The second-order valence-corrected chi connectivity index (χ2v) is 5.22. The minimum absolute atomic E-state index is 0.374. The number of benzene rings is 1. The molecule has 0 spiro atoms. The third-order valence-electron chi connectivity index (χ3n) is 2.68. The van der Waals surface area contributed by atoms with Gasteiger partial charge in [-0.05, 0) is 43.6 Å². The molecule has 0 aliphatic carbocycles. The van der Waals surface area contributed by atoms with Crippen molar-refractivity contribution in [2.45, 2.75) is 23.8 Å². The average molecular weight is 223 g/mol. The van der Waals surface area contributed by atoms with Crippen molar-refractivity contribution < 1.29 is 5.11 Å². The number of rotatable bonds is 3. The average Bonchev–Trinajstić information content (AvgIpc) is 2.28. The molecular formula is C12H17NOS. The number of hydrogen-bond acceptors (Lipinski definition) is 3. The van der Waals surface area contributed by atoms with Gasteiger partial charge in [-0.1, -0.05) is 12.1 Å². The number of aromatic hydroxyl groups is 1. The minimum Gasteiger partial charge on any atom is -0.508 e. The van der Waals surface area contributed by atoms with Crippen molar-refractivity contribution in [2.24, 2.45) is 0 Å². The quantitative estimate of drug-likeness (QED) is 0.825. The Hall–Kier alpha value is -0.670. The van der Waals surface area contributed by atoms with Crippen molar-refractivity contribution >= 4 is 11.8 Å². The molecule has 1 saturated heterocycles. The van der Waals surface area contributed by atoms with Gasteiger partial charge >= 0.3 is 0 Å². The lowest BCUT2D eigenvalue weighted by Crippen LogP contribution is -2.29. The van der Waals surface area contributed by atoms with Crippen LogP contribution in [0.3, 0.4) is 0 Å². The molecule has 2 nitrogen and oxygen atoms in total. The zero-order chi connectivity index (χ0) is 10.5. The van der Waals surface area contributed by atoms with Crippen molar-refractivity contribution in [3.05, 3.63) is 29.8 Å². The summed E-state index contributed by atoms with van der Waals surface area (Å²) in [6.07, 6.45) is 2.53. The molecule has 0 radical (unpaired) electrons. The van der Waals surface area contributed by atoms with Crippen molar-refractivity contribution in [2.75, 3.05) is 13.1 Å². The van der Waals surface area contributed by atoms with E-state index in [1.807, 2.05) is 23.9 Å². The van der Waals surface area contributed by atoms with Crippen LogP contribution in [0.2, 0.25) is 0 Å². The van der Waals surface area contributed by atoms with E-state index in [-0.39, 0.29) is 0 Å². The SMILES string of the molecule is Oc1cccc(CSC2CCNCC2)c1. The summed E-state index contributed by atoms with van der Waals surface area (Å²) in [4.78, 5) is 0. The first-order valence-corrected chi connectivity index (χ1v) is 6.50. The molecule has 1 aromatic carbocycles. The number of phenolic OH excluding ortho intramolecular Hbond substituents is 1. The maximum Gasteiger partial charge on any atom is 0.115 e. The third kappa shape index (κ3) is 3.43. The van der Waals surface area contributed by atoms with Gasteiger partial charge in [0.15, 0.2) is 0 Å². The molecule has 3 heteroatoms. The van der Waals surface area contributed by atoms with Crippen LogP contribution in [0.25, 0.3) is 0 Å². The Kier molecular flexibility index (Phi) is 3.92. The minimum atomic E-state index is 0.374. The highest BCUT2D eigenvalue weighted by molar-refractivity contribution is 7.99. The van der Waals surface area contributed by atoms with Gasteiger partial charge in [-0.2, -0.15) is 11.8 Å². The number of hydrogen-bond donors (Lipinski definition) is 2. The summed E-state index contributed by atoms with van der Waals surface area (Å²) in [6.45, 7) is 2.30. The second-order valence-electron chi connectivity index (χ2n) is 3.93. The van der Waals surface area contributed by atoms with Crippen LogP contribution in [-0.2, 0) is 5.75 Å². The van der Waals surface area contributed by atoms with Crippen LogP contribution in [0.4, 0.5) is 0 Å². The number of nitrogens with one attached hydrogen (secondary N) is 1. The van der Waals surface area contributed by atoms with Gasteiger partial charge in [-0.15, -0.1) is 0 Å². The Morgan fingerprint density at radius 3 is 2.87 bits per heavy atom. The number of thioether (sulfide) groups is 1. The van der Waals surface area contributed by atoms with Gasteiger partial charge in [0.25, 0.3) is 0 Å². The van der Waals surface area contributed by atoms with Gasteiger partial charge in [0, 0.05) is 11.0 Å². The van der Waals surface area contributed by atoms with Gasteiger partial charge < -0.3 is 10.4 Å². The molecular weight excluding hydrogens is 206 g/mol. The fourth-order valence-electron chi connectivity index (χ4n) is 1.82. The van der Waals surface area contributed by atoms with Crippen LogP contribution >= 0.6 is 11.8 Å². The van der Waals surface area contributed by atoms with Crippen LogP contribution in [0.5, 0.6) is 5.75 Å². The predicted octanol–water partition coefficient (Wildman–Crippen LogP) is 2.38. The van der Waals surface area contributed by atoms with Gasteiger partial charge in [0.2, 0.25) is 0 Å². The maximum absolute atomic E-state index is 9.33. The first kappa shape index (κ1) is 10.8. The van der Waals surface area contributed by atoms with Crippen molar-refractivity contribution in [1.29, 1.82) is 0 Å². The van der Waals surface area contributed by atoms with Gasteiger partial charge in [0.1, 0.15) is 5.75 Å². The molecule has 0 aromatic heterocycles. The standard InChI is InChI=1S/C12H17NOS/c14-11-3-1-2-10(8-11)9-15-12-4-6-13-7-5-12/h1-3,8,12-14H,4-7,9H2. The Morgan fingerprint density at radius 1 is 1.33 bits per heavy atom. The molecule has 0 unspecified atom stereocenters. The summed E-state index contributed by atoms with van der Waals surface area (Å²) >= 11 is 2.01. The van der Waals surface area contributed by atoms with E-state index in [0.29, 0.717) is 5.75 Å².